The molecule has 1 aliphatic heterocycles. The van der Waals surface area contributed by atoms with Crippen molar-refractivity contribution >= 4 is 28.0 Å². The number of carbonyl (C=O) groups is 3. The molecule has 3 aromatic carbocycles. The van der Waals surface area contributed by atoms with Crippen LogP contribution in [0.5, 0.6) is 0 Å². The summed E-state index contributed by atoms with van der Waals surface area (Å²) in [5.41, 5.74) is 0.565. The lowest BCUT2D eigenvalue weighted by molar-refractivity contribution is -0.287. The third kappa shape index (κ3) is 7.98. The van der Waals surface area contributed by atoms with E-state index in [0.717, 1.165) is 6.26 Å². The number of rotatable bonds is 10. The minimum atomic E-state index is -4.20. The van der Waals surface area contributed by atoms with Gasteiger partial charge in [-0.25, -0.2) is 14.4 Å². The van der Waals surface area contributed by atoms with Gasteiger partial charge >= 0.3 is 17.9 Å². The first-order valence-electron chi connectivity index (χ1n) is 12.5. The fraction of sp³-hybridized carbons (Fsp3) is 0.276. The molecule has 4 rings (SSSR count). The van der Waals surface area contributed by atoms with Crippen LogP contribution >= 0.6 is 0 Å². The Morgan fingerprint density at radius 1 is 0.683 bits per heavy atom. The van der Waals surface area contributed by atoms with Gasteiger partial charge in [0.15, 0.2) is 18.5 Å². The maximum atomic E-state index is 13.1. The van der Waals surface area contributed by atoms with Crippen LogP contribution < -0.4 is 0 Å². The molecule has 1 fully saturated rings. The van der Waals surface area contributed by atoms with E-state index in [2.05, 4.69) is 0 Å². The lowest BCUT2D eigenvalue weighted by Gasteiger charge is -2.43. The normalized spacial score (nSPS) is 22.3. The Balaban J connectivity index is 1.68. The average Bonchev–Trinajstić information content (AvgIpc) is 2.98. The fourth-order valence-electron chi connectivity index (χ4n) is 4.13. The van der Waals surface area contributed by atoms with Gasteiger partial charge in [-0.3, -0.25) is 4.18 Å². The monoisotopic (exact) mass is 584 g/mol. The summed E-state index contributed by atoms with van der Waals surface area (Å²) < 4.78 is 58.1. The van der Waals surface area contributed by atoms with Crippen LogP contribution in [0.2, 0.25) is 0 Å². The van der Waals surface area contributed by atoms with E-state index in [0.29, 0.717) is 0 Å². The zero-order valence-corrected chi connectivity index (χ0v) is 23.0. The summed E-state index contributed by atoms with van der Waals surface area (Å²) >= 11 is 0. The summed E-state index contributed by atoms with van der Waals surface area (Å²) in [6, 6.07) is 24.0. The molecule has 0 aliphatic carbocycles. The Hall–Kier alpha value is -4.10. The molecule has 41 heavy (non-hydrogen) atoms. The Morgan fingerprint density at radius 3 is 1.56 bits per heavy atom. The van der Waals surface area contributed by atoms with Crippen LogP contribution in [0.3, 0.4) is 0 Å². The maximum Gasteiger partial charge on any atom is 0.338 e. The first-order valence-corrected chi connectivity index (χ1v) is 14.3. The summed E-state index contributed by atoms with van der Waals surface area (Å²) in [4.78, 5) is 38.8. The van der Waals surface area contributed by atoms with E-state index in [1.54, 1.807) is 54.6 Å². The number of benzene rings is 3. The molecule has 0 saturated carbocycles. The molecule has 5 atom stereocenters. The van der Waals surface area contributed by atoms with Crippen LogP contribution in [0.1, 0.15) is 31.1 Å². The van der Waals surface area contributed by atoms with Crippen molar-refractivity contribution in [2.75, 3.05) is 20.0 Å². The van der Waals surface area contributed by atoms with Gasteiger partial charge in [0.05, 0.1) is 22.9 Å². The minimum absolute atomic E-state index is 0.145. The minimum Gasteiger partial charge on any atom is -0.459 e. The van der Waals surface area contributed by atoms with Gasteiger partial charge in [0.2, 0.25) is 0 Å². The maximum absolute atomic E-state index is 13.1. The number of hydrogen-bond acceptors (Lipinski definition) is 11. The second-order valence-corrected chi connectivity index (χ2v) is 10.6. The van der Waals surface area contributed by atoms with Gasteiger partial charge in [-0.05, 0) is 36.4 Å². The molecule has 0 aromatic heterocycles. The Morgan fingerprint density at radius 2 is 1.12 bits per heavy atom. The highest BCUT2D eigenvalue weighted by Gasteiger charge is 2.53. The van der Waals surface area contributed by atoms with Gasteiger partial charge in [-0.15, -0.1) is 0 Å². The van der Waals surface area contributed by atoms with E-state index in [1.165, 1.54) is 43.5 Å². The number of ether oxygens (including phenoxy) is 5. The van der Waals surface area contributed by atoms with Crippen LogP contribution in [-0.4, -0.2) is 77.0 Å². The third-order valence-electron chi connectivity index (χ3n) is 6.00. The molecule has 0 N–H and O–H groups in total. The van der Waals surface area contributed by atoms with Crippen LogP contribution in [0, 0.1) is 0 Å². The third-order valence-corrected chi connectivity index (χ3v) is 6.57. The van der Waals surface area contributed by atoms with Gasteiger partial charge < -0.3 is 23.7 Å². The topological polar surface area (TPSA) is 141 Å². The molecule has 11 nitrogen and oxygen atoms in total. The largest absolute Gasteiger partial charge is 0.459 e. The zero-order chi connectivity index (χ0) is 29.4. The smallest absolute Gasteiger partial charge is 0.338 e. The Labute approximate surface area is 237 Å². The van der Waals surface area contributed by atoms with Gasteiger partial charge in [0.1, 0.15) is 18.8 Å². The van der Waals surface area contributed by atoms with Gasteiger partial charge in [0.25, 0.3) is 10.1 Å². The van der Waals surface area contributed by atoms with Crippen molar-refractivity contribution in [1.29, 1.82) is 0 Å². The molecule has 0 unspecified atom stereocenters. The van der Waals surface area contributed by atoms with Crippen LogP contribution in [0.25, 0.3) is 0 Å². The lowest BCUT2D eigenvalue weighted by atomic mass is 9.98. The summed E-state index contributed by atoms with van der Waals surface area (Å²) in [6.07, 6.45) is -6.53. The number of carbonyl (C=O) groups excluding carboxylic acids is 3. The lowest BCUT2D eigenvalue weighted by Crippen LogP contribution is -2.62. The van der Waals surface area contributed by atoms with Crippen molar-refractivity contribution in [1.82, 2.24) is 0 Å². The van der Waals surface area contributed by atoms with E-state index in [4.69, 9.17) is 27.9 Å². The predicted molar refractivity (Wildman–Crippen MR) is 143 cm³/mol. The van der Waals surface area contributed by atoms with E-state index in [1.807, 2.05) is 0 Å². The fourth-order valence-corrected chi connectivity index (χ4v) is 4.76. The van der Waals surface area contributed by atoms with Crippen LogP contribution in [-0.2, 0) is 38.0 Å². The number of esters is 3. The highest BCUT2D eigenvalue weighted by Crippen LogP contribution is 2.31. The van der Waals surface area contributed by atoms with E-state index >= 15 is 0 Å². The van der Waals surface area contributed by atoms with Crippen LogP contribution in [0.4, 0.5) is 0 Å². The van der Waals surface area contributed by atoms with E-state index in [-0.39, 0.29) is 16.7 Å². The van der Waals surface area contributed by atoms with Gasteiger partial charge in [-0.1, -0.05) is 54.6 Å². The van der Waals surface area contributed by atoms with Crippen molar-refractivity contribution < 1.29 is 50.7 Å². The molecule has 0 amide bonds. The summed E-state index contributed by atoms with van der Waals surface area (Å²) in [5.74, 6) is -2.37. The highest BCUT2D eigenvalue weighted by molar-refractivity contribution is 7.86. The second-order valence-electron chi connectivity index (χ2n) is 8.98. The molecule has 1 aliphatic rings. The second kappa shape index (κ2) is 13.5. The Bertz CT molecular complexity index is 1430. The molecular weight excluding hydrogens is 556 g/mol. The van der Waals surface area contributed by atoms with Crippen LogP contribution in [0.15, 0.2) is 91.0 Å². The van der Waals surface area contributed by atoms with E-state index in [9.17, 15) is 22.8 Å². The average molecular weight is 585 g/mol. The van der Waals surface area contributed by atoms with Crippen molar-refractivity contribution in [3.63, 3.8) is 0 Å². The quantitative estimate of drug-likeness (QED) is 0.197. The summed E-state index contributed by atoms with van der Waals surface area (Å²) in [6.45, 7) is -0.507. The summed E-state index contributed by atoms with van der Waals surface area (Å²) in [7, 11) is -2.94. The van der Waals surface area contributed by atoms with Crippen molar-refractivity contribution in [2.45, 2.75) is 30.7 Å². The molecule has 216 valence electrons. The number of methoxy groups -OCH3 is 1. The molecule has 3 aromatic rings. The van der Waals surface area contributed by atoms with Crippen molar-refractivity contribution in [3.05, 3.63) is 108 Å². The predicted octanol–water partition coefficient (Wildman–Crippen LogP) is 3.01. The van der Waals surface area contributed by atoms with Crippen molar-refractivity contribution in [2.24, 2.45) is 0 Å². The Kier molecular flexibility index (Phi) is 9.84. The molecule has 0 spiro atoms. The van der Waals surface area contributed by atoms with Gasteiger partial charge in [-0.2, -0.15) is 8.42 Å². The van der Waals surface area contributed by atoms with Crippen molar-refractivity contribution in [3.8, 4) is 0 Å². The molecule has 12 heteroatoms. The standard InChI is InChI=1S/C29H28O11S/c1-35-29-25(39-28(32)21-16-10-5-11-17-21)24(38-27(31)20-14-8-4-9-15-20)23(40-41(2,33)34)22(37-29)18-36-26(30)19-12-6-3-7-13-19/h3-17,22-25,29H,18H2,1-2H3/t22-,23-,24+,25+,29+/m1/s1. The molecule has 0 bridgehead atoms. The van der Waals surface area contributed by atoms with E-state index < -0.39 is 65.3 Å². The zero-order valence-electron chi connectivity index (χ0n) is 22.2. The van der Waals surface area contributed by atoms with Gasteiger partial charge in [0, 0.05) is 7.11 Å². The first-order chi connectivity index (χ1) is 19.7. The first kappa shape index (κ1) is 29.9. The number of hydrogen-bond donors (Lipinski definition) is 0. The SMILES string of the molecule is CO[C@H]1O[C@H](COC(=O)c2ccccc2)[C@@H](OS(C)(=O)=O)[C@H](OC(=O)c2ccccc2)[C@@H]1OC(=O)c1ccccc1. The molecule has 1 saturated heterocycles. The molecular formula is C29H28O11S. The summed E-state index contributed by atoms with van der Waals surface area (Å²) in [5, 5.41) is 0. The molecule has 1 heterocycles. The highest BCUT2D eigenvalue weighted by atomic mass is 32.2. The molecule has 0 radical (unpaired) electrons.